The van der Waals surface area contributed by atoms with Crippen LogP contribution in [0.2, 0.25) is 0 Å². The highest BCUT2D eigenvalue weighted by atomic mass is 19.1. The molecule has 2 fully saturated rings. The van der Waals surface area contributed by atoms with Gasteiger partial charge in [-0.1, -0.05) is 25.0 Å². The molecule has 1 saturated carbocycles. The fourth-order valence-electron chi connectivity index (χ4n) is 3.82. The summed E-state index contributed by atoms with van der Waals surface area (Å²) in [7, 11) is 1.31. The average Bonchev–Trinajstić information content (AvgIpc) is 3.26. The van der Waals surface area contributed by atoms with Crippen molar-refractivity contribution in [2.45, 2.75) is 50.7 Å². The Hall–Kier alpha value is -2.11. The van der Waals surface area contributed by atoms with E-state index in [1.165, 1.54) is 13.2 Å². The SMILES string of the molecule is COC(=O)C1CC(Oc2ccccc2F)CN1C(=O)CC1CCCC1. The predicted octanol–water partition coefficient (Wildman–Crippen LogP) is 2.93. The van der Waals surface area contributed by atoms with E-state index in [-0.39, 0.29) is 18.2 Å². The van der Waals surface area contributed by atoms with Crippen LogP contribution in [-0.2, 0) is 14.3 Å². The molecule has 0 radical (unpaired) electrons. The zero-order chi connectivity index (χ0) is 17.8. The van der Waals surface area contributed by atoms with Crippen LogP contribution in [0.4, 0.5) is 4.39 Å². The number of amides is 1. The number of carbonyl (C=O) groups is 2. The quantitative estimate of drug-likeness (QED) is 0.767. The molecular weight excluding hydrogens is 325 g/mol. The standard InChI is InChI=1S/C19H24FNO4/c1-24-19(23)16-11-14(25-17-9-5-4-8-15(17)20)12-21(16)18(22)10-13-6-2-3-7-13/h4-5,8-9,13-14,16H,2-3,6-7,10-12H2,1H3. The van der Waals surface area contributed by atoms with Gasteiger partial charge in [0.05, 0.1) is 13.7 Å². The Morgan fingerprint density at radius 1 is 1.24 bits per heavy atom. The second kappa shape index (κ2) is 7.85. The maximum absolute atomic E-state index is 13.8. The van der Waals surface area contributed by atoms with Crippen molar-refractivity contribution < 1.29 is 23.5 Å². The summed E-state index contributed by atoms with van der Waals surface area (Å²) in [6, 6.07) is 5.49. The van der Waals surface area contributed by atoms with Gasteiger partial charge in [-0.3, -0.25) is 4.79 Å². The van der Waals surface area contributed by atoms with E-state index in [1.807, 2.05) is 0 Å². The molecule has 1 aromatic rings. The van der Waals surface area contributed by atoms with Crippen molar-refractivity contribution >= 4 is 11.9 Å². The van der Waals surface area contributed by atoms with Crippen LogP contribution in [0.25, 0.3) is 0 Å². The van der Waals surface area contributed by atoms with Crippen LogP contribution in [0.5, 0.6) is 5.75 Å². The fourth-order valence-corrected chi connectivity index (χ4v) is 3.82. The van der Waals surface area contributed by atoms with E-state index in [1.54, 1.807) is 23.1 Å². The molecule has 1 amide bonds. The van der Waals surface area contributed by atoms with Gasteiger partial charge in [0.1, 0.15) is 12.1 Å². The highest BCUT2D eigenvalue weighted by Gasteiger charge is 2.42. The van der Waals surface area contributed by atoms with Crippen LogP contribution in [0.3, 0.4) is 0 Å². The number of rotatable bonds is 5. The van der Waals surface area contributed by atoms with Gasteiger partial charge in [-0.15, -0.1) is 0 Å². The smallest absolute Gasteiger partial charge is 0.328 e. The van der Waals surface area contributed by atoms with Gasteiger partial charge in [0.2, 0.25) is 5.91 Å². The van der Waals surface area contributed by atoms with Crippen LogP contribution < -0.4 is 4.74 Å². The van der Waals surface area contributed by atoms with Gasteiger partial charge in [-0.25, -0.2) is 9.18 Å². The lowest BCUT2D eigenvalue weighted by molar-refractivity contribution is -0.151. The number of likely N-dealkylation sites (tertiary alicyclic amines) is 1. The fraction of sp³-hybridized carbons (Fsp3) is 0.579. The van der Waals surface area contributed by atoms with E-state index in [9.17, 15) is 14.0 Å². The number of para-hydroxylation sites is 1. The highest BCUT2D eigenvalue weighted by molar-refractivity contribution is 5.85. The summed E-state index contributed by atoms with van der Waals surface area (Å²) < 4.78 is 24.3. The Bertz CT molecular complexity index is 630. The van der Waals surface area contributed by atoms with Gasteiger partial charge in [-0.05, 0) is 30.9 Å². The first-order valence-corrected chi connectivity index (χ1v) is 8.87. The third-order valence-electron chi connectivity index (χ3n) is 5.12. The topological polar surface area (TPSA) is 55.8 Å². The van der Waals surface area contributed by atoms with Gasteiger partial charge >= 0.3 is 5.97 Å². The number of carbonyl (C=O) groups excluding carboxylic acids is 2. The first-order chi connectivity index (χ1) is 12.1. The molecule has 0 spiro atoms. The van der Waals surface area contributed by atoms with E-state index < -0.39 is 23.9 Å². The molecule has 2 unspecified atom stereocenters. The summed E-state index contributed by atoms with van der Waals surface area (Å²) in [5.74, 6) is -0.396. The zero-order valence-electron chi connectivity index (χ0n) is 14.4. The number of nitrogens with zero attached hydrogens (tertiary/aromatic N) is 1. The van der Waals surface area contributed by atoms with Gasteiger partial charge in [0, 0.05) is 12.8 Å². The lowest BCUT2D eigenvalue weighted by atomic mass is 10.0. The summed E-state index contributed by atoms with van der Waals surface area (Å²) in [4.78, 5) is 26.3. The Morgan fingerprint density at radius 2 is 1.96 bits per heavy atom. The average molecular weight is 349 g/mol. The summed E-state index contributed by atoms with van der Waals surface area (Å²) in [6.07, 6.45) is 4.81. The number of hydrogen-bond donors (Lipinski definition) is 0. The minimum atomic E-state index is -0.657. The third-order valence-corrected chi connectivity index (χ3v) is 5.12. The molecule has 3 rings (SSSR count). The summed E-state index contributed by atoms with van der Waals surface area (Å²) in [6.45, 7) is 0.277. The lowest BCUT2D eigenvalue weighted by Crippen LogP contribution is -2.41. The van der Waals surface area contributed by atoms with Crippen molar-refractivity contribution in [2.24, 2.45) is 5.92 Å². The third kappa shape index (κ3) is 4.11. The van der Waals surface area contributed by atoms with E-state index in [2.05, 4.69) is 0 Å². The molecule has 1 aliphatic heterocycles. The van der Waals surface area contributed by atoms with Crippen LogP contribution >= 0.6 is 0 Å². The van der Waals surface area contributed by atoms with Crippen molar-refractivity contribution in [2.75, 3.05) is 13.7 Å². The largest absolute Gasteiger partial charge is 0.485 e. The number of methoxy groups -OCH3 is 1. The van der Waals surface area contributed by atoms with Crippen molar-refractivity contribution in [3.05, 3.63) is 30.1 Å². The second-order valence-corrected chi connectivity index (χ2v) is 6.85. The molecule has 2 aliphatic rings. The number of ether oxygens (including phenoxy) is 2. The summed E-state index contributed by atoms with van der Waals surface area (Å²) in [5, 5.41) is 0. The molecule has 25 heavy (non-hydrogen) atoms. The molecule has 0 N–H and O–H groups in total. The van der Waals surface area contributed by atoms with Crippen molar-refractivity contribution in [3.8, 4) is 5.75 Å². The van der Waals surface area contributed by atoms with Crippen LogP contribution in [0, 0.1) is 11.7 Å². The van der Waals surface area contributed by atoms with Gasteiger partial charge in [-0.2, -0.15) is 0 Å². The predicted molar refractivity (Wildman–Crippen MR) is 89.5 cm³/mol. The van der Waals surface area contributed by atoms with Crippen molar-refractivity contribution in [1.82, 2.24) is 4.90 Å². The first kappa shape index (κ1) is 17.7. The van der Waals surface area contributed by atoms with E-state index in [0.29, 0.717) is 18.8 Å². The van der Waals surface area contributed by atoms with Gasteiger partial charge < -0.3 is 14.4 Å². The Balaban J connectivity index is 1.68. The summed E-state index contributed by atoms with van der Waals surface area (Å²) in [5.41, 5.74) is 0. The van der Waals surface area contributed by atoms with E-state index >= 15 is 0 Å². The molecule has 0 aromatic heterocycles. The molecule has 1 aliphatic carbocycles. The molecule has 2 atom stereocenters. The van der Waals surface area contributed by atoms with E-state index in [4.69, 9.17) is 9.47 Å². The molecule has 6 heteroatoms. The minimum absolute atomic E-state index is 0.0399. The van der Waals surface area contributed by atoms with Crippen LogP contribution in [0.15, 0.2) is 24.3 Å². The minimum Gasteiger partial charge on any atom is -0.485 e. The molecule has 0 bridgehead atoms. The molecule has 5 nitrogen and oxygen atoms in total. The summed E-state index contributed by atoms with van der Waals surface area (Å²) >= 11 is 0. The monoisotopic (exact) mass is 349 g/mol. The zero-order valence-corrected chi connectivity index (χ0v) is 14.4. The van der Waals surface area contributed by atoms with Gasteiger partial charge in [0.25, 0.3) is 0 Å². The first-order valence-electron chi connectivity index (χ1n) is 8.87. The van der Waals surface area contributed by atoms with E-state index in [0.717, 1.165) is 25.7 Å². The second-order valence-electron chi connectivity index (χ2n) is 6.85. The van der Waals surface area contributed by atoms with Crippen LogP contribution in [-0.4, -0.2) is 42.6 Å². The number of hydrogen-bond acceptors (Lipinski definition) is 4. The Kier molecular flexibility index (Phi) is 5.56. The lowest BCUT2D eigenvalue weighted by Gasteiger charge is -2.23. The molecule has 1 saturated heterocycles. The maximum Gasteiger partial charge on any atom is 0.328 e. The normalized spacial score (nSPS) is 23.7. The number of esters is 1. The maximum atomic E-state index is 13.8. The molecule has 1 aromatic carbocycles. The molecular formula is C19H24FNO4. The van der Waals surface area contributed by atoms with Crippen LogP contribution in [0.1, 0.15) is 38.5 Å². The molecule has 136 valence electrons. The highest BCUT2D eigenvalue weighted by Crippen LogP contribution is 2.31. The Labute approximate surface area is 147 Å². The van der Waals surface area contributed by atoms with Crippen molar-refractivity contribution in [1.29, 1.82) is 0 Å². The number of halogens is 1. The number of benzene rings is 1. The molecule has 1 heterocycles. The van der Waals surface area contributed by atoms with Crippen molar-refractivity contribution in [3.63, 3.8) is 0 Å². The van der Waals surface area contributed by atoms with Gasteiger partial charge in [0.15, 0.2) is 11.6 Å². The Morgan fingerprint density at radius 3 is 2.64 bits per heavy atom.